The first kappa shape index (κ1) is 15.8. The topological polar surface area (TPSA) is 48.4 Å². The number of anilines is 2. The van der Waals surface area contributed by atoms with Crippen molar-refractivity contribution in [2.75, 3.05) is 29.9 Å². The van der Waals surface area contributed by atoms with Gasteiger partial charge in [-0.1, -0.05) is 20.8 Å². The summed E-state index contributed by atoms with van der Waals surface area (Å²) in [4.78, 5) is 6.56. The molecule has 0 unspecified atom stereocenters. The van der Waals surface area contributed by atoms with Gasteiger partial charge in [0.05, 0.1) is 30.4 Å². The van der Waals surface area contributed by atoms with Gasteiger partial charge >= 0.3 is 0 Å². The largest absolute Gasteiger partial charge is 0.395 e. The van der Waals surface area contributed by atoms with Gasteiger partial charge in [-0.25, -0.2) is 0 Å². The average molecular weight is 265 g/mol. The maximum Gasteiger partial charge on any atom is 0.0606 e. The van der Waals surface area contributed by atoms with Crippen molar-refractivity contribution in [1.82, 2.24) is 4.98 Å². The average Bonchev–Trinajstić information content (AvgIpc) is 2.45. The lowest BCUT2D eigenvalue weighted by Gasteiger charge is -2.32. The number of nitrogens with zero attached hydrogens (tertiary/aromatic N) is 2. The number of pyridine rings is 1. The predicted molar refractivity (Wildman–Crippen MR) is 81.8 cm³/mol. The van der Waals surface area contributed by atoms with Gasteiger partial charge < -0.3 is 15.3 Å². The fraction of sp³-hybridized carbons (Fsp3) is 0.667. The molecule has 0 atom stereocenters. The SMILES string of the molecule is CCCNc1cncc(N(CCO)C(CC)CC)c1. The van der Waals surface area contributed by atoms with E-state index in [4.69, 9.17) is 0 Å². The first-order valence-corrected chi connectivity index (χ1v) is 7.33. The van der Waals surface area contributed by atoms with Crippen LogP contribution in [0.2, 0.25) is 0 Å². The Bertz CT molecular complexity index is 353. The van der Waals surface area contributed by atoms with Crippen LogP contribution in [0.3, 0.4) is 0 Å². The zero-order valence-electron chi connectivity index (χ0n) is 12.4. The summed E-state index contributed by atoms with van der Waals surface area (Å²) in [6, 6.07) is 2.58. The van der Waals surface area contributed by atoms with E-state index in [1.165, 1.54) is 0 Å². The van der Waals surface area contributed by atoms with Gasteiger partial charge in [0.2, 0.25) is 0 Å². The molecule has 0 bridgehead atoms. The molecule has 2 N–H and O–H groups in total. The highest BCUT2D eigenvalue weighted by atomic mass is 16.3. The van der Waals surface area contributed by atoms with Gasteiger partial charge in [-0.05, 0) is 25.3 Å². The molecule has 19 heavy (non-hydrogen) atoms. The van der Waals surface area contributed by atoms with E-state index in [1.807, 2.05) is 12.4 Å². The van der Waals surface area contributed by atoms with E-state index < -0.39 is 0 Å². The molecule has 1 aromatic rings. The van der Waals surface area contributed by atoms with Crippen molar-refractivity contribution in [3.05, 3.63) is 18.5 Å². The lowest BCUT2D eigenvalue weighted by molar-refractivity contribution is 0.296. The number of hydrogen-bond acceptors (Lipinski definition) is 4. The van der Waals surface area contributed by atoms with Crippen LogP contribution in [-0.2, 0) is 0 Å². The molecule has 0 aliphatic heterocycles. The third kappa shape index (κ3) is 4.71. The van der Waals surface area contributed by atoms with Gasteiger partial charge in [0, 0.05) is 19.1 Å². The van der Waals surface area contributed by atoms with Crippen LogP contribution in [0.4, 0.5) is 11.4 Å². The third-order valence-corrected chi connectivity index (χ3v) is 3.36. The molecular weight excluding hydrogens is 238 g/mol. The van der Waals surface area contributed by atoms with Gasteiger partial charge in [0.25, 0.3) is 0 Å². The van der Waals surface area contributed by atoms with Crippen molar-refractivity contribution >= 4 is 11.4 Å². The van der Waals surface area contributed by atoms with Crippen LogP contribution in [0.5, 0.6) is 0 Å². The number of aliphatic hydroxyl groups excluding tert-OH is 1. The molecule has 1 aromatic heterocycles. The second-order valence-corrected chi connectivity index (χ2v) is 4.75. The van der Waals surface area contributed by atoms with E-state index in [1.54, 1.807) is 0 Å². The normalized spacial score (nSPS) is 10.8. The summed E-state index contributed by atoms with van der Waals surface area (Å²) in [5.41, 5.74) is 2.14. The molecule has 1 rings (SSSR count). The van der Waals surface area contributed by atoms with E-state index in [0.717, 1.165) is 37.2 Å². The van der Waals surface area contributed by atoms with Crippen LogP contribution in [0, 0.1) is 0 Å². The molecule has 0 radical (unpaired) electrons. The first-order chi connectivity index (χ1) is 9.26. The summed E-state index contributed by atoms with van der Waals surface area (Å²) < 4.78 is 0. The number of aromatic nitrogens is 1. The highest BCUT2D eigenvalue weighted by molar-refractivity contribution is 5.56. The Balaban J connectivity index is 2.88. The quantitative estimate of drug-likeness (QED) is 0.721. The van der Waals surface area contributed by atoms with Gasteiger partial charge in [-0.2, -0.15) is 0 Å². The van der Waals surface area contributed by atoms with Crippen LogP contribution < -0.4 is 10.2 Å². The van der Waals surface area contributed by atoms with Crippen LogP contribution in [-0.4, -0.2) is 35.8 Å². The maximum atomic E-state index is 9.27. The Morgan fingerprint density at radius 2 is 2.00 bits per heavy atom. The summed E-state index contributed by atoms with van der Waals surface area (Å²) >= 11 is 0. The predicted octanol–water partition coefficient (Wildman–Crippen LogP) is 2.89. The number of nitrogens with one attached hydrogen (secondary N) is 1. The van der Waals surface area contributed by atoms with Crippen LogP contribution in [0.15, 0.2) is 18.5 Å². The fourth-order valence-corrected chi connectivity index (χ4v) is 2.31. The van der Waals surface area contributed by atoms with Gasteiger partial charge in [0.1, 0.15) is 0 Å². The smallest absolute Gasteiger partial charge is 0.0606 e. The minimum atomic E-state index is 0.170. The molecule has 0 fully saturated rings. The minimum Gasteiger partial charge on any atom is -0.395 e. The van der Waals surface area contributed by atoms with E-state index in [9.17, 15) is 5.11 Å². The highest BCUT2D eigenvalue weighted by Crippen LogP contribution is 2.22. The molecule has 108 valence electrons. The molecule has 0 saturated heterocycles. The molecule has 4 heteroatoms. The van der Waals surface area contributed by atoms with Crippen LogP contribution in [0.25, 0.3) is 0 Å². The lowest BCUT2D eigenvalue weighted by atomic mass is 10.1. The van der Waals surface area contributed by atoms with Crippen molar-refractivity contribution in [1.29, 1.82) is 0 Å². The van der Waals surface area contributed by atoms with Crippen molar-refractivity contribution in [2.45, 2.75) is 46.1 Å². The molecule has 0 aliphatic rings. The van der Waals surface area contributed by atoms with E-state index >= 15 is 0 Å². The zero-order valence-corrected chi connectivity index (χ0v) is 12.4. The lowest BCUT2D eigenvalue weighted by Crippen LogP contribution is -2.36. The summed E-state index contributed by atoms with van der Waals surface area (Å²) in [6.07, 6.45) is 6.97. The molecule has 0 aromatic carbocycles. The number of aliphatic hydroxyl groups is 1. The highest BCUT2D eigenvalue weighted by Gasteiger charge is 2.15. The van der Waals surface area contributed by atoms with Crippen molar-refractivity contribution in [2.24, 2.45) is 0 Å². The molecule has 0 amide bonds. The molecule has 0 saturated carbocycles. The van der Waals surface area contributed by atoms with E-state index in [2.05, 4.69) is 42.0 Å². The third-order valence-electron chi connectivity index (χ3n) is 3.36. The van der Waals surface area contributed by atoms with Crippen molar-refractivity contribution in [3.8, 4) is 0 Å². The Morgan fingerprint density at radius 3 is 2.58 bits per heavy atom. The second-order valence-electron chi connectivity index (χ2n) is 4.75. The Kier molecular flexibility index (Phi) is 7.26. The minimum absolute atomic E-state index is 0.170. The molecule has 1 heterocycles. The van der Waals surface area contributed by atoms with Crippen LogP contribution >= 0.6 is 0 Å². The summed E-state index contributed by atoms with van der Waals surface area (Å²) in [5, 5.41) is 12.6. The molecule has 4 nitrogen and oxygen atoms in total. The van der Waals surface area contributed by atoms with Gasteiger partial charge in [-0.3, -0.25) is 4.98 Å². The molecule has 0 spiro atoms. The second kappa shape index (κ2) is 8.75. The Hall–Kier alpha value is -1.29. The Morgan fingerprint density at radius 1 is 1.26 bits per heavy atom. The molecule has 0 aliphatic carbocycles. The van der Waals surface area contributed by atoms with Gasteiger partial charge in [-0.15, -0.1) is 0 Å². The van der Waals surface area contributed by atoms with Crippen molar-refractivity contribution in [3.63, 3.8) is 0 Å². The number of rotatable bonds is 9. The summed E-state index contributed by atoms with van der Waals surface area (Å²) in [7, 11) is 0. The maximum absolute atomic E-state index is 9.27. The monoisotopic (exact) mass is 265 g/mol. The van der Waals surface area contributed by atoms with Crippen molar-refractivity contribution < 1.29 is 5.11 Å². The number of hydrogen-bond donors (Lipinski definition) is 2. The fourth-order valence-electron chi connectivity index (χ4n) is 2.31. The van der Waals surface area contributed by atoms with Gasteiger partial charge in [0.15, 0.2) is 0 Å². The zero-order chi connectivity index (χ0) is 14.1. The van der Waals surface area contributed by atoms with E-state index in [0.29, 0.717) is 12.6 Å². The summed E-state index contributed by atoms with van der Waals surface area (Å²) in [5.74, 6) is 0. The standard InChI is InChI=1S/C15H27N3O/c1-4-7-17-13-10-15(12-16-11-13)18(8-9-19)14(5-2)6-3/h10-12,14,17,19H,4-9H2,1-3H3. The first-order valence-electron chi connectivity index (χ1n) is 7.33. The molecular formula is C15H27N3O. The van der Waals surface area contributed by atoms with Crippen LogP contribution in [0.1, 0.15) is 40.0 Å². The Labute approximate surface area is 116 Å². The summed E-state index contributed by atoms with van der Waals surface area (Å²) in [6.45, 7) is 8.30. The van der Waals surface area contributed by atoms with E-state index in [-0.39, 0.29) is 6.61 Å².